The van der Waals surface area contributed by atoms with E-state index in [2.05, 4.69) is 90.2 Å². The van der Waals surface area contributed by atoms with E-state index in [1.807, 2.05) is 56.4 Å². The Bertz CT molecular complexity index is 1570. The van der Waals surface area contributed by atoms with E-state index in [0.29, 0.717) is 0 Å². The second kappa shape index (κ2) is 22.1. The van der Waals surface area contributed by atoms with Crippen LogP contribution >= 0.6 is 0 Å². The molecule has 0 saturated carbocycles. The highest BCUT2D eigenvalue weighted by atomic mass is 16.7. The molecule has 2 rings (SSSR count). The predicted octanol–water partition coefficient (Wildman–Crippen LogP) is 8.54. The molecule has 0 radical (unpaired) electrons. The lowest BCUT2D eigenvalue weighted by atomic mass is 9.72. The Kier molecular flexibility index (Phi) is 19.1. The molecule has 1 fully saturated rings. The molecule has 1 saturated heterocycles. The van der Waals surface area contributed by atoms with Crippen LogP contribution < -0.4 is 0 Å². The summed E-state index contributed by atoms with van der Waals surface area (Å²) in [6.45, 7) is 19.9. The highest BCUT2D eigenvalue weighted by Gasteiger charge is 2.46. The van der Waals surface area contributed by atoms with Crippen molar-refractivity contribution >= 4 is 0 Å². The minimum Gasteiger partial charge on any atom is -0.394 e. The molecular weight excluding hydrogens is 664 g/mol. The Balaban J connectivity index is 1.85. The molecule has 7 heteroatoms. The maximum absolute atomic E-state index is 10.8. The number of aliphatic hydroxyl groups is 5. The van der Waals surface area contributed by atoms with E-state index >= 15 is 0 Å². The van der Waals surface area contributed by atoms with Crippen LogP contribution in [-0.2, 0) is 9.47 Å². The molecule has 2 aliphatic rings. The molecule has 0 aromatic heterocycles. The molecule has 1 heterocycles. The van der Waals surface area contributed by atoms with Crippen molar-refractivity contribution in [1.82, 2.24) is 0 Å². The molecule has 53 heavy (non-hydrogen) atoms. The smallest absolute Gasteiger partial charge is 0.187 e. The van der Waals surface area contributed by atoms with Crippen molar-refractivity contribution < 1.29 is 35.0 Å². The standard InChI is InChI=1S/C46H66O7/c1-32(17-11-12-18-33(2)20-14-23-35(4)26-28-38-37(6)25-16-30-45(38,7)8)19-13-21-34(3)22-15-24-36(5)27-29-40(48)46(9,10)53-44-43(51)42(50)41(49)39(31-47)52-44/h11-15,17-24,26-29,39-44,47-51H,16,25,30-31H2,1-10H3/b12-11+,19-13+,20-14+,22-15+,28-26+,29-27+,32-17+,33-18+,34-21+,35-23+,36-24+/t39-,40+,41-,42+,43-,44+/m1/s1. The number of allylic oxidation sites excluding steroid dienone is 23. The van der Waals surface area contributed by atoms with Crippen LogP contribution in [0.2, 0.25) is 0 Å². The highest BCUT2D eigenvalue weighted by Crippen LogP contribution is 2.40. The largest absolute Gasteiger partial charge is 0.394 e. The van der Waals surface area contributed by atoms with Gasteiger partial charge in [0.15, 0.2) is 6.29 Å². The Morgan fingerprint density at radius 2 is 1.23 bits per heavy atom. The fourth-order valence-corrected chi connectivity index (χ4v) is 5.98. The van der Waals surface area contributed by atoms with Crippen LogP contribution in [0, 0.1) is 5.41 Å². The summed E-state index contributed by atoms with van der Waals surface area (Å²) in [6.07, 6.45) is 30.1. The van der Waals surface area contributed by atoms with Gasteiger partial charge in [0.1, 0.15) is 30.5 Å². The van der Waals surface area contributed by atoms with E-state index in [1.165, 1.54) is 41.6 Å². The van der Waals surface area contributed by atoms with Crippen molar-refractivity contribution in [1.29, 1.82) is 0 Å². The molecular formula is C46H66O7. The van der Waals surface area contributed by atoms with Gasteiger partial charge < -0.3 is 35.0 Å². The normalized spacial score (nSPS) is 26.9. The van der Waals surface area contributed by atoms with E-state index in [-0.39, 0.29) is 5.41 Å². The Morgan fingerprint density at radius 1 is 0.755 bits per heavy atom. The second-order valence-electron chi connectivity index (χ2n) is 15.5. The van der Waals surface area contributed by atoms with Gasteiger partial charge in [-0.05, 0) is 85.6 Å². The van der Waals surface area contributed by atoms with Crippen LogP contribution in [0.4, 0.5) is 0 Å². The molecule has 0 spiro atoms. The summed E-state index contributed by atoms with van der Waals surface area (Å²) in [4.78, 5) is 0. The topological polar surface area (TPSA) is 120 Å². The van der Waals surface area contributed by atoms with E-state index in [9.17, 15) is 25.5 Å². The van der Waals surface area contributed by atoms with Crippen molar-refractivity contribution in [3.05, 3.63) is 142 Å². The second-order valence-corrected chi connectivity index (χ2v) is 15.5. The monoisotopic (exact) mass is 730 g/mol. The average molecular weight is 731 g/mol. The van der Waals surface area contributed by atoms with Crippen molar-refractivity contribution in [2.75, 3.05) is 6.61 Å². The number of hydrogen-bond donors (Lipinski definition) is 5. The summed E-state index contributed by atoms with van der Waals surface area (Å²) in [5.41, 5.74) is 7.56. The van der Waals surface area contributed by atoms with Gasteiger partial charge in [0.05, 0.1) is 12.2 Å². The van der Waals surface area contributed by atoms with Crippen molar-refractivity contribution in [2.24, 2.45) is 5.41 Å². The molecule has 0 bridgehead atoms. The molecule has 1 aliphatic carbocycles. The molecule has 292 valence electrons. The van der Waals surface area contributed by atoms with Crippen LogP contribution in [0.15, 0.2) is 142 Å². The van der Waals surface area contributed by atoms with Crippen LogP contribution in [0.25, 0.3) is 0 Å². The Morgan fingerprint density at radius 3 is 1.72 bits per heavy atom. The number of rotatable bonds is 16. The lowest BCUT2D eigenvalue weighted by Gasteiger charge is -2.43. The number of hydrogen-bond acceptors (Lipinski definition) is 7. The zero-order chi connectivity index (χ0) is 39.8. The summed E-state index contributed by atoms with van der Waals surface area (Å²) >= 11 is 0. The quantitative estimate of drug-likeness (QED) is 0.101. The van der Waals surface area contributed by atoms with Gasteiger partial charge in [-0.25, -0.2) is 0 Å². The minimum atomic E-state index is -1.56. The average Bonchev–Trinajstić information content (AvgIpc) is 3.08. The fourth-order valence-electron chi connectivity index (χ4n) is 5.98. The number of aliphatic hydroxyl groups excluding tert-OH is 5. The first-order valence-electron chi connectivity index (χ1n) is 18.7. The first-order chi connectivity index (χ1) is 24.9. The third-order valence-electron chi connectivity index (χ3n) is 9.56. The van der Waals surface area contributed by atoms with Crippen LogP contribution in [0.5, 0.6) is 0 Å². The molecule has 0 unspecified atom stereocenters. The Labute approximate surface area is 319 Å². The lowest BCUT2D eigenvalue weighted by Crippen LogP contribution is -2.61. The summed E-state index contributed by atoms with van der Waals surface area (Å²) in [7, 11) is 0. The van der Waals surface area contributed by atoms with E-state index in [0.717, 1.165) is 16.7 Å². The van der Waals surface area contributed by atoms with Gasteiger partial charge >= 0.3 is 0 Å². The third-order valence-corrected chi connectivity index (χ3v) is 9.56. The van der Waals surface area contributed by atoms with Gasteiger partial charge in [0.2, 0.25) is 0 Å². The maximum atomic E-state index is 10.8. The first-order valence-corrected chi connectivity index (χ1v) is 18.7. The molecule has 0 aromatic carbocycles. The van der Waals surface area contributed by atoms with Gasteiger partial charge in [-0.3, -0.25) is 0 Å². The van der Waals surface area contributed by atoms with Crippen molar-refractivity contribution in [3.8, 4) is 0 Å². The molecule has 1 aliphatic heterocycles. The third kappa shape index (κ3) is 15.8. The zero-order valence-electron chi connectivity index (χ0n) is 33.7. The lowest BCUT2D eigenvalue weighted by molar-refractivity contribution is -0.329. The Hall–Kier alpha value is -3.40. The zero-order valence-corrected chi connectivity index (χ0v) is 33.7. The summed E-state index contributed by atoms with van der Waals surface area (Å²) < 4.78 is 11.2. The first kappa shape index (κ1) is 45.8. The number of ether oxygens (including phenoxy) is 2. The van der Waals surface area contributed by atoms with Gasteiger partial charge in [0, 0.05) is 0 Å². The van der Waals surface area contributed by atoms with Crippen LogP contribution in [0.3, 0.4) is 0 Å². The van der Waals surface area contributed by atoms with E-state index in [1.54, 1.807) is 26.0 Å². The summed E-state index contributed by atoms with van der Waals surface area (Å²) in [6, 6.07) is 0. The molecule has 5 N–H and O–H groups in total. The minimum absolute atomic E-state index is 0.257. The molecule has 6 atom stereocenters. The maximum Gasteiger partial charge on any atom is 0.187 e. The molecule has 0 amide bonds. The summed E-state index contributed by atoms with van der Waals surface area (Å²) in [5.74, 6) is 0. The van der Waals surface area contributed by atoms with Crippen LogP contribution in [0.1, 0.15) is 88.5 Å². The van der Waals surface area contributed by atoms with Crippen molar-refractivity contribution in [3.63, 3.8) is 0 Å². The van der Waals surface area contributed by atoms with Crippen LogP contribution in [-0.4, -0.2) is 74.6 Å². The van der Waals surface area contributed by atoms with Gasteiger partial charge in [-0.1, -0.05) is 151 Å². The predicted molar refractivity (Wildman–Crippen MR) is 219 cm³/mol. The van der Waals surface area contributed by atoms with Gasteiger partial charge in [-0.2, -0.15) is 0 Å². The van der Waals surface area contributed by atoms with Gasteiger partial charge in [0.25, 0.3) is 0 Å². The summed E-state index contributed by atoms with van der Waals surface area (Å²) in [5, 5.41) is 50.4. The highest BCUT2D eigenvalue weighted by molar-refractivity contribution is 5.37. The van der Waals surface area contributed by atoms with Gasteiger partial charge in [-0.15, -0.1) is 0 Å². The fraction of sp³-hybridized carbons (Fsp3) is 0.478. The SMILES string of the molecule is CC1=C(/C=C/C(C)=C/C=C/C(C)=C/C=C/C=C(C)/C=C/C=C(C)/C=C/C=C(C)/C=C/[C@H](O)C(C)(C)O[C@@H]2O[C@H](CO)[C@@H](O)[C@H](O)[C@H]2O)C(C)(C)CCC1. The molecule has 0 aromatic rings. The van der Waals surface area contributed by atoms with E-state index in [4.69, 9.17) is 9.47 Å². The molecule has 7 nitrogen and oxygen atoms in total. The van der Waals surface area contributed by atoms with Crippen molar-refractivity contribution in [2.45, 2.75) is 131 Å². The van der Waals surface area contributed by atoms with E-state index < -0.39 is 49.0 Å².